The SMILES string of the molecule is CCOC(=O)c1sc2nc(SCc3c(C)noc3C)nc(Cl)c2c1C. The fourth-order valence-electron chi connectivity index (χ4n) is 2.37. The van der Waals surface area contributed by atoms with E-state index in [1.54, 1.807) is 6.92 Å². The predicted molar refractivity (Wildman–Crippen MR) is 98.7 cm³/mol. The first-order valence-electron chi connectivity index (χ1n) is 7.60. The van der Waals surface area contributed by atoms with Gasteiger partial charge in [0.2, 0.25) is 0 Å². The molecule has 0 fully saturated rings. The molecule has 3 heterocycles. The van der Waals surface area contributed by atoms with Crippen molar-refractivity contribution in [1.29, 1.82) is 0 Å². The molecule has 3 aromatic rings. The number of ether oxygens (including phenoxy) is 1. The van der Waals surface area contributed by atoms with E-state index in [0.717, 1.165) is 22.6 Å². The van der Waals surface area contributed by atoms with E-state index < -0.39 is 0 Å². The lowest BCUT2D eigenvalue weighted by atomic mass is 10.2. The number of aryl methyl sites for hydroxylation is 3. The zero-order valence-corrected chi connectivity index (χ0v) is 16.6. The number of halogens is 1. The van der Waals surface area contributed by atoms with Crippen molar-refractivity contribution in [3.63, 3.8) is 0 Å². The van der Waals surface area contributed by atoms with Gasteiger partial charge in [-0.05, 0) is 33.3 Å². The third-order valence-electron chi connectivity index (χ3n) is 3.71. The molecule has 0 amide bonds. The quantitative estimate of drug-likeness (QED) is 0.266. The molecule has 0 unspecified atom stereocenters. The molecule has 0 saturated carbocycles. The van der Waals surface area contributed by atoms with Crippen molar-refractivity contribution in [3.05, 3.63) is 32.6 Å². The molecule has 0 aliphatic rings. The fourth-order valence-corrected chi connectivity index (χ4v) is 4.92. The monoisotopic (exact) mass is 397 g/mol. The van der Waals surface area contributed by atoms with Crippen molar-refractivity contribution in [3.8, 4) is 0 Å². The summed E-state index contributed by atoms with van der Waals surface area (Å²) in [5.41, 5.74) is 2.64. The normalized spacial score (nSPS) is 11.2. The summed E-state index contributed by atoms with van der Waals surface area (Å²) in [5.74, 6) is 1.07. The van der Waals surface area contributed by atoms with Crippen molar-refractivity contribution >= 4 is 50.9 Å². The van der Waals surface area contributed by atoms with Crippen LogP contribution in [0, 0.1) is 20.8 Å². The highest BCUT2D eigenvalue weighted by molar-refractivity contribution is 7.98. The molecular formula is C16H16ClN3O3S2. The lowest BCUT2D eigenvalue weighted by Crippen LogP contribution is -2.03. The molecule has 0 spiro atoms. The Labute approximate surface area is 157 Å². The number of nitrogens with zero attached hydrogens (tertiary/aromatic N) is 3. The van der Waals surface area contributed by atoms with E-state index in [4.69, 9.17) is 20.9 Å². The largest absolute Gasteiger partial charge is 0.462 e. The van der Waals surface area contributed by atoms with E-state index in [1.807, 2.05) is 20.8 Å². The number of rotatable bonds is 5. The first-order valence-corrected chi connectivity index (χ1v) is 9.78. The van der Waals surface area contributed by atoms with Gasteiger partial charge in [-0.1, -0.05) is 28.5 Å². The molecular weight excluding hydrogens is 382 g/mol. The Morgan fingerprint density at radius 1 is 1.32 bits per heavy atom. The summed E-state index contributed by atoms with van der Waals surface area (Å²) in [6.07, 6.45) is 0. The third kappa shape index (κ3) is 3.51. The summed E-state index contributed by atoms with van der Waals surface area (Å²) < 4.78 is 10.3. The third-order valence-corrected chi connectivity index (χ3v) is 6.03. The van der Waals surface area contributed by atoms with Crippen molar-refractivity contribution in [2.75, 3.05) is 6.61 Å². The van der Waals surface area contributed by atoms with Crippen LogP contribution < -0.4 is 0 Å². The molecule has 0 saturated heterocycles. The molecule has 0 bridgehead atoms. The molecule has 25 heavy (non-hydrogen) atoms. The lowest BCUT2D eigenvalue weighted by molar-refractivity contribution is 0.0531. The second-order valence-electron chi connectivity index (χ2n) is 5.35. The standard InChI is InChI=1S/C16H16ClN3O3S2/c1-5-22-15(21)12-7(2)11-13(17)18-16(19-14(11)25-12)24-6-10-8(3)20-23-9(10)4/h5-6H2,1-4H3. The number of thiophene rings is 1. The number of esters is 1. The molecule has 0 aromatic carbocycles. The Kier molecular flexibility index (Phi) is 5.31. The number of carbonyl (C=O) groups is 1. The summed E-state index contributed by atoms with van der Waals surface area (Å²) in [7, 11) is 0. The minimum atomic E-state index is -0.357. The highest BCUT2D eigenvalue weighted by Gasteiger charge is 2.21. The Morgan fingerprint density at radius 2 is 2.08 bits per heavy atom. The Bertz CT molecular complexity index is 932. The Morgan fingerprint density at radius 3 is 2.72 bits per heavy atom. The number of hydrogen-bond acceptors (Lipinski definition) is 8. The number of aromatic nitrogens is 3. The van der Waals surface area contributed by atoms with Crippen molar-refractivity contribution in [1.82, 2.24) is 15.1 Å². The topological polar surface area (TPSA) is 78.1 Å². The maximum absolute atomic E-state index is 12.1. The van der Waals surface area contributed by atoms with Crippen LogP contribution in [0.3, 0.4) is 0 Å². The average molecular weight is 398 g/mol. The second kappa shape index (κ2) is 7.31. The summed E-state index contributed by atoms with van der Waals surface area (Å²) >= 11 is 9.07. The summed E-state index contributed by atoms with van der Waals surface area (Å²) in [6.45, 7) is 7.71. The lowest BCUT2D eigenvalue weighted by Gasteiger charge is -2.02. The fraction of sp³-hybridized carbons (Fsp3) is 0.375. The van der Waals surface area contributed by atoms with Crippen LogP contribution in [-0.2, 0) is 10.5 Å². The van der Waals surface area contributed by atoms with Gasteiger partial charge in [-0.3, -0.25) is 0 Å². The van der Waals surface area contributed by atoms with Gasteiger partial charge in [0.25, 0.3) is 0 Å². The van der Waals surface area contributed by atoms with Gasteiger partial charge in [0.05, 0.1) is 17.7 Å². The molecule has 0 radical (unpaired) electrons. The smallest absolute Gasteiger partial charge is 0.348 e. The van der Waals surface area contributed by atoms with Crippen LogP contribution in [0.15, 0.2) is 9.68 Å². The van der Waals surface area contributed by atoms with E-state index in [-0.39, 0.29) is 5.97 Å². The van der Waals surface area contributed by atoms with Gasteiger partial charge in [0.1, 0.15) is 20.6 Å². The zero-order valence-electron chi connectivity index (χ0n) is 14.2. The van der Waals surface area contributed by atoms with Crippen molar-refractivity contribution in [2.24, 2.45) is 0 Å². The molecule has 0 aliphatic heterocycles. The summed E-state index contributed by atoms with van der Waals surface area (Å²) in [4.78, 5) is 22.2. The number of hydrogen-bond donors (Lipinski definition) is 0. The highest BCUT2D eigenvalue weighted by Crippen LogP contribution is 2.36. The summed E-state index contributed by atoms with van der Waals surface area (Å²) in [6, 6.07) is 0. The molecule has 3 rings (SSSR count). The number of carbonyl (C=O) groups excluding carboxylic acids is 1. The Hall–Kier alpha value is -1.64. The van der Waals surface area contributed by atoms with E-state index in [2.05, 4.69) is 15.1 Å². The summed E-state index contributed by atoms with van der Waals surface area (Å²) in [5, 5.41) is 5.54. The van der Waals surface area contributed by atoms with Gasteiger partial charge in [-0.15, -0.1) is 11.3 Å². The van der Waals surface area contributed by atoms with Crippen molar-refractivity contribution in [2.45, 2.75) is 38.6 Å². The highest BCUT2D eigenvalue weighted by atomic mass is 35.5. The van der Waals surface area contributed by atoms with E-state index in [0.29, 0.717) is 37.8 Å². The zero-order chi connectivity index (χ0) is 18.1. The van der Waals surface area contributed by atoms with Crippen LogP contribution in [0.2, 0.25) is 5.15 Å². The number of thioether (sulfide) groups is 1. The average Bonchev–Trinajstić information content (AvgIpc) is 3.06. The maximum Gasteiger partial charge on any atom is 0.348 e. The predicted octanol–water partition coefficient (Wildman–Crippen LogP) is 4.73. The number of fused-ring (bicyclic) bond motifs is 1. The van der Waals surface area contributed by atoms with Gasteiger partial charge < -0.3 is 9.26 Å². The van der Waals surface area contributed by atoms with E-state index in [9.17, 15) is 4.79 Å². The van der Waals surface area contributed by atoms with E-state index >= 15 is 0 Å². The first-order chi connectivity index (χ1) is 11.9. The van der Waals surface area contributed by atoms with Gasteiger partial charge in [-0.2, -0.15) is 0 Å². The molecule has 132 valence electrons. The van der Waals surface area contributed by atoms with Gasteiger partial charge in [0, 0.05) is 11.3 Å². The van der Waals surface area contributed by atoms with Gasteiger partial charge >= 0.3 is 5.97 Å². The van der Waals surface area contributed by atoms with Gasteiger partial charge in [0.15, 0.2) is 5.16 Å². The van der Waals surface area contributed by atoms with Gasteiger partial charge in [-0.25, -0.2) is 14.8 Å². The van der Waals surface area contributed by atoms with Crippen LogP contribution in [0.1, 0.15) is 39.2 Å². The molecule has 6 nitrogen and oxygen atoms in total. The van der Waals surface area contributed by atoms with E-state index in [1.165, 1.54) is 23.1 Å². The van der Waals surface area contributed by atoms with Crippen molar-refractivity contribution < 1.29 is 14.1 Å². The van der Waals surface area contributed by atoms with Crippen LogP contribution >= 0.6 is 34.7 Å². The van der Waals surface area contributed by atoms with Crippen LogP contribution in [0.4, 0.5) is 0 Å². The molecule has 9 heteroatoms. The second-order valence-corrected chi connectivity index (χ2v) is 7.64. The van der Waals surface area contributed by atoms with Crippen LogP contribution in [0.25, 0.3) is 10.2 Å². The Balaban J connectivity index is 1.92. The molecule has 0 atom stereocenters. The molecule has 3 aromatic heterocycles. The minimum Gasteiger partial charge on any atom is -0.462 e. The van der Waals surface area contributed by atoms with Crippen LogP contribution in [-0.4, -0.2) is 27.7 Å². The molecule has 0 N–H and O–H groups in total. The molecule has 0 aliphatic carbocycles. The first kappa shape index (κ1) is 18.2. The van der Waals surface area contributed by atoms with Crippen LogP contribution in [0.5, 0.6) is 0 Å². The maximum atomic E-state index is 12.1. The minimum absolute atomic E-state index is 0.324.